The molecule has 3 heterocycles. The lowest BCUT2D eigenvalue weighted by molar-refractivity contribution is -0.136. The molecule has 44 heavy (non-hydrogen) atoms. The lowest BCUT2D eigenvalue weighted by Crippen LogP contribution is -2.41. The minimum atomic E-state index is -4.55. The number of imide groups is 1. The molecule has 1 N–H and O–H groups in total. The molecule has 1 saturated heterocycles. The number of fused-ring (bicyclic) bond motifs is 2. The Morgan fingerprint density at radius 1 is 0.977 bits per heavy atom. The van der Waals surface area contributed by atoms with Gasteiger partial charge in [-0.25, -0.2) is 4.79 Å². The summed E-state index contributed by atoms with van der Waals surface area (Å²) in [5.74, 6) is 1.12. The predicted molar refractivity (Wildman–Crippen MR) is 156 cm³/mol. The summed E-state index contributed by atoms with van der Waals surface area (Å²) in [4.78, 5) is 31.5. The minimum absolute atomic E-state index is 0.103. The van der Waals surface area contributed by atoms with Crippen molar-refractivity contribution in [1.29, 1.82) is 0 Å². The van der Waals surface area contributed by atoms with Crippen LogP contribution in [0.3, 0.4) is 0 Å². The summed E-state index contributed by atoms with van der Waals surface area (Å²) in [6.07, 6.45) is -0.924. The van der Waals surface area contributed by atoms with Crippen LogP contribution in [0.2, 0.25) is 0 Å². The molecule has 0 bridgehead atoms. The molecule has 1 unspecified atom stereocenters. The molecule has 228 valence electrons. The lowest BCUT2D eigenvalue weighted by atomic mass is 9.91. The van der Waals surface area contributed by atoms with Gasteiger partial charge in [-0.05, 0) is 61.6 Å². The van der Waals surface area contributed by atoms with Gasteiger partial charge in [-0.3, -0.25) is 14.7 Å². The Hall–Kier alpha value is -4.80. The Morgan fingerprint density at radius 2 is 1.77 bits per heavy atom. The number of benzene rings is 3. The van der Waals surface area contributed by atoms with Crippen LogP contribution in [0.25, 0.3) is 10.9 Å². The van der Waals surface area contributed by atoms with E-state index < -0.39 is 23.3 Å². The van der Waals surface area contributed by atoms with E-state index in [0.717, 1.165) is 11.6 Å². The second-order valence-electron chi connectivity index (χ2n) is 11.0. The smallest absolute Gasteiger partial charge is 0.418 e. The van der Waals surface area contributed by atoms with E-state index in [1.165, 1.54) is 17.2 Å². The van der Waals surface area contributed by atoms with Crippen LogP contribution in [0.15, 0.2) is 72.9 Å². The van der Waals surface area contributed by atoms with E-state index in [4.69, 9.17) is 14.2 Å². The van der Waals surface area contributed by atoms with E-state index >= 15 is 0 Å². The van der Waals surface area contributed by atoms with E-state index in [1.54, 1.807) is 31.2 Å². The van der Waals surface area contributed by atoms with E-state index in [1.807, 2.05) is 30.3 Å². The number of unbranched alkanes of at least 4 members (excludes halogenated alkanes) is 2. The van der Waals surface area contributed by atoms with Crippen molar-refractivity contribution >= 4 is 22.8 Å². The number of para-hydroxylation sites is 1. The molecule has 1 fully saturated rings. The number of urea groups is 1. The predicted octanol–water partition coefficient (Wildman–Crippen LogP) is 6.59. The molecule has 1 atom stereocenters. The fourth-order valence-electron chi connectivity index (χ4n) is 5.61. The van der Waals surface area contributed by atoms with E-state index in [9.17, 15) is 22.8 Å². The lowest BCUT2D eigenvalue weighted by Gasteiger charge is -2.22. The standard InChI is InChI=1S/C33H30F3N3O5/c1-32(23-13-14-26-27(18-23)44-20-43-26)30(40)39(31(41)38-32)15-6-3-7-16-42-29-22(17-21-9-4-2-5-10-21)19-37-28-24(29)11-8-12-25(28)33(34,35)36/h2,4-5,8-14,18-19H,3,6-7,15-17,20H2,1H3,(H,38,41). The molecule has 0 aliphatic carbocycles. The first-order valence-corrected chi connectivity index (χ1v) is 14.3. The number of alkyl halides is 3. The zero-order valence-corrected chi connectivity index (χ0v) is 23.9. The van der Waals surface area contributed by atoms with Gasteiger partial charge >= 0.3 is 12.2 Å². The summed E-state index contributed by atoms with van der Waals surface area (Å²) in [5, 5.41) is 3.10. The molecule has 0 saturated carbocycles. The average molecular weight is 606 g/mol. The number of hydrogen-bond acceptors (Lipinski definition) is 6. The fourth-order valence-corrected chi connectivity index (χ4v) is 5.61. The third-order valence-corrected chi connectivity index (χ3v) is 7.96. The summed E-state index contributed by atoms with van der Waals surface area (Å²) >= 11 is 0. The normalized spacial score (nSPS) is 17.8. The van der Waals surface area contributed by atoms with Crippen LogP contribution < -0.4 is 19.5 Å². The number of pyridine rings is 1. The van der Waals surface area contributed by atoms with Gasteiger partial charge < -0.3 is 19.5 Å². The monoisotopic (exact) mass is 605 g/mol. The molecule has 8 nitrogen and oxygen atoms in total. The highest BCUT2D eigenvalue weighted by Crippen LogP contribution is 2.39. The van der Waals surface area contributed by atoms with Crippen molar-refractivity contribution in [2.24, 2.45) is 0 Å². The topological polar surface area (TPSA) is 90.0 Å². The number of ether oxygens (including phenoxy) is 3. The van der Waals surface area contributed by atoms with Gasteiger partial charge in [0.15, 0.2) is 11.5 Å². The maximum Gasteiger partial charge on any atom is 0.418 e. The summed E-state index contributed by atoms with van der Waals surface area (Å²) in [6.45, 7) is 2.23. The Labute approximate surface area is 251 Å². The van der Waals surface area contributed by atoms with Crippen molar-refractivity contribution in [3.63, 3.8) is 0 Å². The van der Waals surface area contributed by atoms with Gasteiger partial charge in [-0.15, -0.1) is 0 Å². The molecule has 1 aromatic heterocycles. The highest BCUT2D eigenvalue weighted by Gasteiger charge is 2.49. The molecule has 0 radical (unpaired) electrons. The third-order valence-electron chi connectivity index (χ3n) is 7.96. The highest BCUT2D eigenvalue weighted by molar-refractivity contribution is 6.07. The molecule has 3 amide bonds. The van der Waals surface area contributed by atoms with Gasteiger partial charge in [0.05, 0.1) is 17.7 Å². The van der Waals surface area contributed by atoms with E-state index in [0.29, 0.717) is 59.4 Å². The number of nitrogens with one attached hydrogen (secondary N) is 1. The van der Waals surface area contributed by atoms with Crippen LogP contribution in [0.1, 0.15) is 48.4 Å². The Bertz CT molecular complexity index is 1710. The Balaban J connectivity index is 1.10. The van der Waals surface area contributed by atoms with Crippen molar-refractivity contribution in [2.75, 3.05) is 19.9 Å². The summed E-state index contributed by atoms with van der Waals surface area (Å²) in [7, 11) is 0. The van der Waals surface area contributed by atoms with Crippen molar-refractivity contribution in [2.45, 2.75) is 44.3 Å². The maximum atomic E-state index is 13.7. The van der Waals surface area contributed by atoms with Crippen molar-refractivity contribution in [1.82, 2.24) is 15.2 Å². The minimum Gasteiger partial charge on any atom is -0.493 e. The number of halogens is 3. The van der Waals surface area contributed by atoms with Crippen LogP contribution in [-0.2, 0) is 22.9 Å². The SMILES string of the molecule is CC1(c2ccc3c(c2)OCO3)NC(=O)N(CCCCCOc2c(Cc3ccccc3)cnc3c(C(F)(F)F)cccc23)C1=O. The first kappa shape index (κ1) is 29.3. The van der Waals surface area contributed by atoms with Crippen LogP contribution >= 0.6 is 0 Å². The largest absolute Gasteiger partial charge is 0.493 e. The van der Waals surface area contributed by atoms with E-state index in [-0.39, 0.29) is 31.4 Å². The van der Waals surface area contributed by atoms with Gasteiger partial charge in [-0.2, -0.15) is 13.2 Å². The molecule has 2 aliphatic heterocycles. The van der Waals surface area contributed by atoms with Crippen LogP contribution in [0.5, 0.6) is 17.2 Å². The van der Waals surface area contributed by atoms with E-state index in [2.05, 4.69) is 10.3 Å². The van der Waals surface area contributed by atoms with Crippen LogP contribution in [0, 0.1) is 0 Å². The van der Waals surface area contributed by atoms with Crippen molar-refractivity contribution in [3.8, 4) is 17.2 Å². The number of nitrogens with zero attached hydrogens (tertiary/aromatic N) is 2. The summed E-state index contributed by atoms with van der Waals surface area (Å²) in [5.41, 5.74) is 0.0642. The Kier molecular flexibility index (Phi) is 7.79. The van der Waals surface area contributed by atoms with Gasteiger partial charge in [0.1, 0.15) is 11.3 Å². The zero-order valence-electron chi connectivity index (χ0n) is 23.9. The number of rotatable bonds is 10. The molecule has 4 aromatic rings. The maximum absolute atomic E-state index is 13.7. The van der Waals surface area contributed by atoms with Crippen LogP contribution in [-0.4, -0.2) is 41.8 Å². The molecule has 6 rings (SSSR count). The van der Waals surface area contributed by atoms with Crippen molar-refractivity contribution in [3.05, 3.63) is 95.2 Å². The summed E-state index contributed by atoms with van der Waals surface area (Å²) < 4.78 is 58.1. The number of carbonyl (C=O) groups is 2. The summed E-state index contributed by atoms with van der Waals surface area (Å²) in [6, 6.07) is 18.2. The molecule has 0 spiro atoms. The number of carbonyl (C=O) groups excluding carboxylic acids is 2. The number of aromatic nitrogens is 1. The van der Waals surface area contributed by atoms with Crippen molar-refractivity contribution < 1.29 is 37.0 Å². The first-order valence-electron chi connectivity index (χ1n) is 14.3. The Morgan fingerprint density at radius 3 is 2.57 bits per heavy atom. The van der Waals surface area contributed by atoms with Gasteiger partial charge in [0, 0.05) is 30.1 Å². The molecular weight excluding hydrogens is 575 g/mol. The second-order valence-corrected chi connectivity index (χ2v) is 11.0. The van der Waals surface area contributed by atoms with Crippen LogP contribution in [0.4, 0.5) is 18.0 Å². The zero-order chi connectivity index (χ0) is 30.9. The molecular formula is C33H30F3N3O5. The quantitative estimate of drug-likeness (QED) is 0.162. The number of hydrogen-bond donors (Lipinski definition) is 1. The van der Waals surface area contributed by atoms with Gasteiger partial charge in [0.25, 0.3) is 5.91 Å². The first-order chi connectivity index (χ1) is 21.1. The number of amides is 3. The van der Waals surface area contributed by atoms with Gasteiger partial charge in [-0.1, -0.05) is 42.5 Å². The average Bonchev–Trinajstić information content (AvgIpc) is 3.57. The molecule has 11 heteroatoms. The van der Waals surface area contributed by atoms with Gasteiger partial charge in [0.2, 0.25) is 6.79 Å². The molecule has 3 aromatic carbocycles. The molecule has 2 aliphatic rings. The third kappa shape index (κ3) is 5.61. The highest BCUT2D eigenvalue weighted by atomic mass is 19.4. The fraction of sp³-hybridized carbons (Fsp3) is 0.303. The second kappa shape index (κ2) is 11.7.